The van der Waals surface area contributed by atoms with Crippen LogP contribution in [0.2, 0.25) is 0 Å². The zero-order valence-electron chi connectivity index (χ0n) is 23.2. The molecule has 1 saturated heterocycles. The summed E-state index contributed by atoms with van der Waals surface area (Å²) in [6.45, 7) is 4.13. The molecule has 5 aromatic rings. The van der Waals surface area contributed by atoms with Crippen molar-refractivity contribution in [2.24, 2.45) is 0 Å². The minimum absolute atomic E-state index is 0.0129. The number of carbonyl (C=O) groups is 1. The van der Waals surface area contributed by atoms with E-state index in [1.807, 2.05) is 19.1 Å². The second-order valence-electron chi connectivity index (χ2n) is 10.6. The maximum Gasteiger partial charge on any atom is 0.213 e. The van der Waals surface area contributed by atoms with Gasteiger partial charge in [-0.1, -0.05) is 0 Å². The van der Waals surface area contributed by atoms with Gasteiger partial charge in [-0.15, -0.1) is 0 Å². The Kier molecular flexibility index (Phi) is 7.84. The molecule has 0 bridgehead atoms. The fourth-order valence-electron chi connectivity index (χ4n) is 5.71. The Labute approximate surface area is 240 Å². The Balaban J connectivity index is 1.36. The van der Waals surface area contributed by atoms with Crippen LogP contribution in [-0.2, 0) is 6.42 Å². The third-order valence-corrected chi connectivity index (χ3v) is 7.74. The zero-order valence-corrected chi connectivity index (χ0v) is 23.2. The van der Waals surface area contributed by atoms with Crippen LogP contribution in [-0.4, -0.2) is 66.1 Å². The highest BCUT2D eigenvalue weighted by Crippen LogP contribution is 2.37. The maximum atomic E-state index is 13.8. The number of aryl methyl sites for hydroxylation is 1. The van der Waals surface area contributed by atoms with Gasteiger partial charge < -0.3 is 9.47 Å². The van der Waals surface area contributed by atoms with Crippen molar-refractivity contribution in [2.75, 3.05) is 26.3 Å². The molecule has 0 atom stereocenters. The van der Waals surface area contributed by atoms with Gasteiger partial charge in [-0.25, -0.2) is 23.9 Å². The number of pyridine rings is 1. The first-order valence-electron chi connectivity index (χ1n) is 14.0. The lowest BCUT2D eigenvalue weighted by atomic mass is 10.0. The number of halogens is 3. The zero-order chi connectivity index (χ0) is 29.2. The molecule has 42 heavy (non-hydrogen) atoms. The predicted octanol–water partition coefficient (Wildman–Crippen LogP) is 5.66. The molecule has 0 amide bonds. The number of hydrogen-bond acceptors (Lipinski definition) is 6. The molecular formula is C31H30F3N7O. The number of imidazole rings is 2. The van der Waals surface area contributed by atoms with E-state index in [9.17, 15) is 18.0 Å². The second-order valence-corrected chi connectivity index (χ2v) is 10.6. The molecule has 0 aliphatic carbocycles. The lowest BCUT2D eigenvalue weighted by Gasteiger charge is -2.33. The number of likely N-dealkylation sites (tertiary alicyclic amines) is 1. The number of carbonyl (C=O) groups excluding carboxylic acids is 1. The van der Waals surface area contributed by atoms with Crippen LogP contribution in [0.5, 0.6) is 0 Å². The highest BCUT2D eigenvalue weighted by Gasteiger charge is 2.28. The summed E-state index contributed by atoms with van der Waals surface area (Å²) < 4.78 is 43.9. The van der Waals surface area contributed by atoms with E-state index in [1.54, 1.807) is 22.8 Å². The molecule has 1 aromatic carbocycles. The molecule has 0 unspecified atom stereocenters. The summed E-state index contributed by atoms with van der Waals surface area (Å²) in [7, 11) is 0. The number of aromatic nitrogens is 6. The van der Waals surface area contributed by atoms with Gasteiger partial charge in [0.05, 0.1) is 36.4 Å². The van der Waals surface area contributed by atoms with Gasteiger partial charge in [0.1, 0.15) is 17.3 Å². The molecule has 1 aliphatic rings. The molecule has 0 saturated carbocycles. The van der Waals surface area contributed by atoms with Crippen LogP contribution in [0.3, 0.4) is 0 Å². The van der Waals surface area contributed by atoms with E-state index in [2.05, 4.69) is 19.4 Å². The van der Waals surface area contributed by atoms with Crippen molar-refractivity contribution in [3.05, 3.63) is 89.8 Å². The van der Waals surface area contributed by atoms with E-state index in [4.69, 9.17) is 10.1 Å². The van der Waals surface area contributed by atoms with E-state index in [1.165, 1.54) is 24.4 Å². The molecule has 11 heteroatoms. The van der Waals surface area contributed by atoms with Crippen LogP contribution in [0.4, 0.5) is 13.2 Å². The van der Waals surface area contributed by atoms with E-state index in [0.717, 1.165) is 55.6 Å². The summed E-state index contributed by atoms with van der Waals surface area (Å²) in [5, 5.41) is 4.87. The maximum absolute atomic E-state index is 13.8. The summed E-state index contributed by atoms with van der Waals surface area (Å²) in [6, 6.07) is 12.7. The van der Waals surface area contributed by atoms with Crippen molar-refractivity contribution in [1.29, 1.82) is 0 Å². The van der Waals surface area contributed by atoms with Crippen LogP contribution >= 0.6 is 0 Å². The summed E-state index contributed by atoms with van der Waals surface area (Å²) in [5.74, 6) is -0.483. The van der Waals surface area contributed by atoms with Crippen LogP contribution in [0.1, 0.15) is 47.2 Å². The van der Waals surface area contributed by atoms with E-state index in [0.29, 0.717) is 29.1 Å². The Morgan fingerprint density at radius 2 is 1.81 bits per heavy atom. The number of fused-ring (bicyclic) bond motifs is 1. The van der Waals surface area contributed by atoms with Gasteiger partial charge in [0, 0.05) is 49.1 Å². The van der Waals surface area contributed by atoms with Gasteiger partial charge in [-0.05, 0) is 68.7 Å². The highest BCUT2D eigenvalue weighted by atomic mass is 19.1. The first-order valence-corrected chi connectivity index (χ1v) is 14.0. The van der Waals surface area contributed by atoms with Gasteiger partial charge in [0.15, 0.2) is 11.4 Å². The number of benzene rings is 1. The third-order valence-electron chi connectivity index (χ3n) is 7.74. The Hall–Kier alpha value is -4.38. The van der Waals surface area contributed by atoms with Crippen LogP contribution < -0.4 is 0 Å². The average Bonchev–Trinajstić information content (AvgIpc) is 3.56. The minimum atomic E-state index is -0.712. The summed E-state index contributed by atoms with van der Waals surface area (Å²) in [6.07, 6.45) is 5.25. The van der Waals surface area contributed by atoms with E-state index >= 15 is 0 Å². The van der Waals surface area contributed by atoms with Crippen molar-refractivity contribution < 1.29 is 18.0 Å². The quantitative estimate of drug-likeness (QED) is 0.167. The number of rotatable bonds is 9. The molecule has 216 valence electrons. The molecule has 5 heterocycles. The Morgan fingerprint density at radius 3 is 2.55 bits per heavy atom. The SMILES string of the molecule is Cc1nc(-c2ccc(F)cc2)c(-c2ccc3nc(CC(=O)c4ccnc(F)c4)cn3n2)n1C1CCN(CCCF)CC1. The molecule has 4 aromatic heterocycles. The normalized spacial score (nSPS) is 14.6. The van der Waals surface area contributed by atoms with Crippen LogP contribution in [0.15, 0.2) is 60.9 Å². The topological polar surface area (TPSA) is 81.2 Å². The number of Topliss-reactive ketones (excluding diaryl/α,β-unsaturated/α-hetero) is 1. The highest BCUT2D eigenvalue weighted by molar-refractivity contribution is 5.97. The van der Waals surface area contributed by atoms with Gasteiger partial charge in [0.2, 0.25) is 5.95 Å². The van der Waals surface area contributed by atoms with Crippen molar-refractivity contribution in [3.63, 3.8) is 0 Å². The lowest BCUT2D eigenvalue weighted by Crippen LogP contribution is -2.35. The molecule has 0 radical (unpaired) electrons. The smallest absolute Gasteiger partial charge is 0.213 e. The fourth-order valence-corrected chi connectivity index (χ4v) is 5.71. The van der Waals surface area contributed by atoms with Gasteiger partial charge >= 0.3 is 0 Å². The van der Waals surface area contributed by atoms with Gasteiger partial charge in [-0.3, -0.25) is 9.18 Å². The van der Waals surface area contributed by atoms with Crippen molar-refractivity contribution in [1.82, 2.24) is 34.0 Å². The number of piperidine rings is 1. The number of alkyl halides is 1. The molecule has 1 aliphatic heterocycles. The monoisotopic (exact) mass is 573 g/mol. The lowest BCUT2D eigenvalue weighted by molar-refractivity contribution is 0.0991. The Bertz CT molecular complexity index is 1720. The first-order chi connectivity index (χ1) is 20.4. The van der Waals surface area contributed by atoms with Gasteiger partial charge in [-0.2, -0.15) is 9.49 Å². The van der Waals surface area contributed by atoms with Crippen LogP contribution in [0.25, 0.3) is 28.3 Å². The molecular weight excluding hydrogens is 543 g/mol. The molecule has 6 rings (SSSR count). The molecule has 0 spiro atoms. The third kappa shape index (κ3) is 5.69. The van der Waals surface area contributed by atoms with Gasteiger partial charge in [0.25, 0.3) is 0 Å². The van der Waals surface area contributed by atoms with E-state index in [-0.39, 0.29) is 36.3 Å². The predicted molar refractivity (Wildman–Crippen MR) is 152 cm³/mol. The fraction of sp³-hybridized carbons (Fsp3) is 0.323. The first kappa shape index (κ1) is 27.8. The summed E-state index contributed by atoms with van der Waals surface area (Å²) in [5.41, 5.74) is 4.26. The number of ketones is 1. The minimum Gasteiger partial charge on any atom is -0.323 e. The number of hydrogen-bond donors (Lipinski definition) is 0. The molecule has 0 N–H and O–H groups in total. The molecule has 1 fully saturated rings. The summed E-state index contributed by atoms with van der Waals surface area (Å²) in [4.78, 5) is 28.0. The Morgan fingerprint density at radius 1 is 1.02 bits per heavy atom. The van der Waals surface area contributed by atoms with Crippen LogP contribution in [0, 0.1) is 18.7 Å². The number of nitrogens with zero attached hydrogens (tertiary/aromatic N) is 7. The van der Waals surface area contributed by atoms with Crippen molar-refractivity contribution >= 4 is 11.4 Å². The standard InChI is InChI=1S/C31H30F3N7O/c1-20-36-30(21-3-5-23(33)6-4-21)31(41(20)25-10-15-39(16-11-25)14-2-12-32)26-7-8-29-37-24(19-40(29)38-26)18-27(42)22-9-13-35-28(34)17-22/h3-9,13,17,19,25H,2,10-12,14-16,18H2,1H3. The van der Waals surface area contributed by atoms with E-state index < -0.39 is 5.95 Å². The van der Waals surface area contributed by atoms with Crippen molar-refractivity contribution in [2.45, 2.75) is 38.6 Å². The summed E-state index contributed by atoms with van der Waals surface area (Å²) >= 11 is 0. The van der Waals surface area contributed by atoms with Crippen molar-refractivity contribution in [3.8, 4) is 22.6 Å². The average molecular weight is 574 g/mol. The largest absolute Gasteiger partial charge is 0.323 e. The second kappa shape index (κ2) is 11.8. The molecule has 8 nitrogen and oxygen atoms in total.